The third-order valence-corrected chi connectivity index (χ3v) is 7.15. The molecule has 3 atom stereocenters. The van der Waals surface area contributed by atoms with Gasteiger partial charge in [-0.15, -0.1) is 0 Å². The summed E-state index contributed by atoms with van der Waals surface area (Å²) >= 11 is 0. The van der Waals surface area contributed by atoms with Gasteiger partial charge in [-0.1, -0.05) is 68.3 Å². The van der Waals surface area contributed by atoms with Crippen molar-refractivity contribution in [1.82, 2.24) is 10.6 Å². The number of nitrogens with one attached hydrogen (secondary N) is 2. The number of benzene rings is 2. The summed E-state index contributed by atoms with van der Waals surface area (Å²) < 4.78 is 5.66. The fourth-order valence-electron chi connectivity index (χ4n) is 5.33. The van der Waals surface area contributed by atoms with Crippen LogP contribution in [-0.4, -0.2) is 41.8 Å². The van der Waals surface area contributed by atoms with Crippen LogP contribution in [0.25, 0.3) is 11.1 Å². The van der Waals surface area contributed by atoms with Crippen LogP contribution in [0.4, 0.5) is 4.79 Å². The Morgan fingerprint density at radius 3 is 2.29 bits per heavy atom. The molecule has 0 saturated heterocycles. The third kappa shape index (κ3) is 6.02. The van der Waals surface area contributed by atoms with Crippen molar-refractivity contribution in [1.29, 1.82) is 0 Å². The fraction of sp³-hybridized carbons (Fsp3) is 0.464. The first kappa shape index (κ1) is 24.8. The van der Waals surface area contributed by atoms with E-state index in [0.29, 0.717) is 25.7 Å². The van der Waals surface area contributed by atoms with Crippen LogP contribution in [0.1, 0.15) is 68.9 Å². The Bertz CT molecular complexity index is 1020. The summed E-state index contributed by atoms with van der Waals surface area (Å²) in [7, 11) is 0. The minimum atomic E-state index is -0.806. The van der Waals surface area contributed by atoms with Crippen molar-refractivity contribution < 1.29 is 24.2 Å². The first-order valence-electron chi connectivity index (χ1n) is 12.6. The maximum Gasteiger partial charge on any atom is 0.407 e. The molecule has 2 aromatic rings. The van der Waals surface area contributed by atoms with E-state index in [1.54, 1.807) is 0 Å². The van der Waals surface area contributed by atoms with E-state index < -0.39 is 18.0 Å². The summed E-state index contributed by atoms with van der Waals surface area (Å²) in [6.45, 7) is 2.29. The maximum absolute atomic E-state index is 12.7. The number of unbranched alkanes of at least 4 members (excludes halogenated alkanes) is 1. The summed E-state index contributed by atoms with van der Waals surface area (Å²) in [5.74, 6) is -1.38. The lowest BCUT2D eigenvalue weighted by molar-refractivity contribution is -0.141. The average Bonchev–Trinajstić information content (AvgIpc) is 3.44. The number of carboxylic acids is 1. The largest absolute Gasteiger partial charge is 0.481 e. The number of fused-ring (bicyclic) bond motifs is 3. The predicted molar refractivity (Wildman–Crippen MR) is 133 cm³/mol. The molecule has 2 amide bonds. The van der Waals surface area contributed by atoms with Crippen LogP contribution in [0.3, 0.4) is 0 Å². The van der Waals surface area contributed by atoms with E-state index in [1.165, 1.54) is 11.1 Å². The summed E-state index contributed by atoms with van der Waals surface area (Å²) in [4.78, 5) is 36.5. The van der Waals surface area contributed by atoms with Crippen molar-refractivity contribution >= 4 is 18.0 Å². The molecule has 2 aliphatic rings. The van der Waals surface area contributed by atoms with Crippen LogP contribution in [0.5, 0.6) is 0 Å². The van der Waals surface area contributed by atoms with E-state index >= 15 is 0 Å². The Hall–Kier alpha value is -3.35. The Morgan fingerprint density at radius 2 is 1.69 bits per heavy atom. The molecule has 4 rings (SSSR count). The van der Waals surface area contributed by atoms with Gasteiger partial charge in [-0.2, -0.15) is 0 Å². The number of ether oxygens (including phenoxy) is 1. The molecular weight excluding hydrogens is 444 g/mol. The molecule has 0 heterocycles. The number of carboxylic acid groups (broad SMARTS) is 1. The highest BCUT2D eigenvalue weighted by Gasteiger charge is 2.32. The minimum Gasteiger partial charge on any atom is -0.481 e. The molecule has 2 aliphatic carbocycles. The zero-order valence-electron chi connectivity index (χ0n) is 20.2. The molecule has 3 N–H and O–H groups in total. The van der Waals surface area contributed by atoms with E-state index in [2.05, 4.69) is 41.8 Å². The lowest BCUT2D eigenvalue weighted by Gasteiger charge is -2.21. The number of hydrogen-bond donors (Lipinski definition) is 3. The van der Waals surface area contributed by atoms with Gasteiger partial charge in [-0.05, 0) is 47.9 Å². The van der Waals surface area contributed by atoms with Gasteiger partial charge in [0, 0.05) is 24.4 Å². The van der Waals surface area contributed by atoms with Gasteiger partial charge >= 0.3 is 12.1 Å². The Labute approximate surface area is 206 Å². The molecule has 2 aromatic carbocycles. The monoisotopic (exact) mass is 478 g/mol. The molecule has 2 unspecified atom stereocenters. The quantitative estimate of drug-likeness (QED) is 0.453. The Morgan fingerprint density at radius 1 is 1.03 bits per heavy atom. The minimum absolute atomic E-state index is 0.0184. The van der Waals surface area contributed by atoms with Gasteiger partial charge in [0.2, 0.25) is 5.91 Å². The molecule has 0 spiro atoms. The molecule has 186 valence electrons. The van der Waals surface area contributed by atoms with Gasteiger partial charge in [0.15, 0.2) is 0 Å². The number of rotatable bonds is 10. The number of hydrogen-bond acceptors (Lipinski definition) is 4. The van der Waals surface area contributed by atoms with Crippen LogP contribution in [0.2, 0.25) is 0 Å². The summed E-state index contributed by atoms with van der Waals surface area (Å²) in [6.07, 6.45) is 3.85. The molecule has 0 aliphatic heterocycles. The molecule has 0 bridgehead atoms. The fourth-order valence-corrected chi connectivity index (χ4v) is 5.33. The highest BCUT2D eigenvalue weighted by molar-refractivity contribution is 5.80. The highest BCUT2D eigenvalue weighted by Crippen LogP contribution is 2.44. The zero-order chi connectivity index (χ0) is 24.8. The van der Waals surface area contributed by atoms with Crippen molar-refractivity contribution in [3.8, 4) is 11.1 Å². The van der Waals surface area contributed by atoms with Crippen LogP contribution < -0.4 is 10.6 Å². The van der Waals surface area contributed by atoms with Crippen molar-refractivity contribution in [3.63, 3.8) is 0 Å². The Kier molecular flexibility index (Phi) is 8.06. The third-order valence-electron chi connectivity index (χ3n) is 7.15. The molecule has 35 heavy (non-hydrogen) atoms. The molecule has 0 aromatic heterocycles. The van der Waals surface area contributed by atoms with Gasteiger partial charge in [0.05, 0.1) is 5.92 Å². The second kappa shape index (κ2) is 11.4. The predicted octanol–water partition coefficient (Wildman–Crippen LogP) is 4.84. The molecule has 7 heteroatoms. The lowest BCUT2D eigenvalue weighted by atomic mass is 9.98. The van der Waals surface area contributed by atoms with E-state index in [0.717, 1.165) is 24.0 Å². The van der Waals surface area contributed by atoms with Crippen LogP contribution in [0.15, 0.2) is 48.5 Å². The summed E-state index contributed by atoms with van der Waals surface area (Å²) in [5.41, 5.74) is 4.65. The highest BCUT2D eigenvalue weighted by atomic mass is 16.5. The number of aliphatic carboxylic acids is 1. The number of carbonyl (C=O) groups is 3. The van der Waals surface area contributed by atoms with E-state index in [4.69, 9.17) is 4.74 Å². The van der Waals surface area contributed by atoms with Gasteiger partial charge in [0.1, 0.15) is 6.61 Å². The van der Waals surface area contributed by atoms with Gasteiger partial charge in [-0.3, -0.25) is 9.59 Å². The van der Waals surface area contributed by atoms with Crippen molar-refractivity contribution in [2.24, 2.45) is 5.92 Å². The second-order valence-electron chi connectivity index (χ2n) is 9.63. The standard InChI is InChI=1S/C28H34N2O5/c1-2-3-8-19(16-26(31)29-20-14-13-18(15-20)27(32)33)30-28(34)35-17-25-23-11-6-4-9-21(23)22-10-5-7-12-24(22)25/h4-7,9-12,18-20,25H,2-3,8,13-17H2,1H3,(H,29,31)(H,30,34)(H,32,33)/t18?,19-,20?/m1/s1. The van der Waals surface area contributed by atoms with E-state index in [9.17, 15) is 19.5 Å². The average molecular weight is 479 g/mol. The Balaban J connectivity index is 1.32. The normalized spacial score (nSPS) is 19.5. The van der Waals surface area contributed by atoms with Gasteiger partial charge < -0.3 is 20.5 Å². The van der Waals surface area contributed by atoms with Gasteiger partial charge in [0.25, 0.3) is 0 Å². The van der Waals surface area contributed by atoms with Crippen molar-refractivity contribution in [2.45, 2.75) is 69.9 Å². The van der Waals surface area contributed by atoms with Crippen LogP contribution >= 0.6 is 0 Å². The molecular formula is C28H34N2O5. The summed E-state index contributed by atoms with van der Waals surface area (Å²) in [5, 5.41) is 15.0. The second-order valence-corrected chi connectivity index (χ2v) is 9.63. The first-order chi connectivity index (χ1) is 17.0. The molecule has 1 fully saturated rings. The maximum atomic E-state index is 12.7. The molecule has 7 nitrogen and oxygen atoms in total. The first-order valence-corrected chi connectivity index (χ1v) is 12.6. The zero-order valence-corrected chi connectivity index (χ0v) is 20.2. The van der Waals surface area contributed by atoms with E-state index in [-0.39, 0.29) is 36.9 Å². The smallest absolute Gasteiger partial charge is 0.407 e. The molecule has 1 saturated carbocycles. The lowest BCUT2D eigenvalue weighted by Crippen LogP contribution is -2.42. The number of carbonyl (C=O) groups excluding carboxylic acids is 2. The van der Waals surface area contributed by atoms with Crippen molar-refractivity contribution in [3.05, 3.63) is 59.7 Å². The van der Waals surface area contributed by atoms with Crippen LogP contribution in [-0.2, 0) is 14.3 Å². The molecule has 0 radical (unpaired) electrons. The topological polar surface area (TPSA) is 105 Å². The van der Waals surface area contributed by atoms with Crippen molar-refractivity contribution in [2.75, 3.05) is 6.61 Å². The van der Waals surface area contributed by atoms with E-state index in [1.807, 2.05) is 24.3 Å². The number of amides is 2. The van der Waals surface area contributed by atoms with Gasteiger partial charge in [-0.25, -0.2) is 4.79 Å². The number of alkyl carbamates (subject to hydrolysis) is 1. The SMILES string of the molecule is CCCC[C@H](CC(=O)NC1CCC(C(=O)O)C1)NC(=O)OCC1c2ccccc2-c2ccccc21. The summed E-state index contributed by atoms with van der Waals surface area (Å²) in [6, 6.07) is 15.9. The van der Waals surface area contributed by atoms with Crippen LogP contribution in [0, 0.1) is 5.92 Å².